The van der Waals surface area contributed by atoms with Gasteiger partial charge in [0, 0.05) is 19.3 Å². The number of hydrogen-bond donors (Lipinski definition) is 2. The minimum absolute atomic E-state index is 0.113. The second kappa shape index (κ2) is 7.03. The average Bonchev–Trinajstić information content (AvgIpc) is 2.36. The van der Waals surface area contributed by atoms with Crippen molar-refractivity contribution in [3.8, 4) is 0 Å². The number of aromatic nitrogens is 1. The van der Waals surface area contributed by atoms with Crippen molar-refractivity contribution < 1.29 is 16.8 Å². The van der Waals surface area contributed by atoms with Gasteiger partial charge in [-0.3, -0.25) is 0 Å². The van der Waals surface area contributed by atoms with E-state index in [2.05, 4.69) is 14.4 Å². The van der Waals surface area contributed by atoms with Gasteiger partial charge in [0.05, 0.1) is 5.75 Å². The quantitative estimate of drug-likeness (QED) is 0.708. The molecule has 1 heterocycles. The van der Waals surface area contributed by atoms with Gasteiger partial charge in [0.25, 0.3) is 10.0 Å². The van der Waals surface area contributed by atoms with Crippen LogP contribution in [0.25, 0.3) is 0 Å². The zero-order valence-electron chi connectivity index (χ0n) is 12.4. The molecule has 0 bridgehead atoms. The first kappa shape index (κ1) is 17.3. The first-order valence-electron chi connectivity index (χ1n) is 7.18. The Morgan fingerprint density at radius 1 is 1.18 bits per heavy atom. The SMILES string of the molecule is Cc1ccc(S(=O)(=O)NCCS(=O)(=O)NCC2CCC2)nc1. The monoisotopic (exact) mass is 347 g/mol. The molecule has 9 heteroatoms. The van der Waals surface area contributed by atoms with Crippen molar-refractivity contribution in [2.24, 2.45) is 5.92 Å². The molecule has 7 nitrogen and oxygen atoms in total. The minimum Gasteiger partial charge on any atom is -0.243 e. The lowest BCUT2D eigenvalue weighted by atomic mass is 9.86. The summed E-state index contributed by atoms with van der Waals surface area (Å²) in [4.78, 5) is 3.83. The summed E-state index contributed by atoms with van der Waals surface area (Å²) in [6.45, 7) is 2.06. The van der Waals surface area contributed by atoms with Gasteiger partial charge in [-0.15, -0.1) is 0 Å². The average molecular weight is 347 g/mol. The van der Waals surface area contributed by atoms with E-state index in [-0.39, 0.29) is 17.3 Å². The highest BCUT2D eigenvalue weighted by atomic mass is 32.2. The number of sulfonamides is 2. The Balaban J connectivity index is 1.82. The fraction of sp³-hybridized carbons (Fsp3) is 0.615. The molecule has 1 aliphatic rings. The van der Waals surface area contributed by atoms with Crippen LogP contribution < -0.4 is 9.44 Å². The van der Waals surface area contributed by atoms with E-state index in [1.54, 1.807) is 13.0 Å². The summed E-state index contributed by atoms with van der Waals surface area (Å²) in [6, 6.07) is 3.03. The van der Waals surface area contributed by atoms with Crippen molar-refractivity contribution in [2.45, 2.75) is 31.2 Å². The second-order valence-electron chi connectivity index (χ2n) is 5.54. The molecule has 0 radical (unpaired) electrons. The van der Waals surface area contributed by atoms with Crippen LogP contribution in [0.15, 0.2) is 23.4 Å². The maximum Gasteiger partial charge on any atom is 0.258 e. The molecule has 0 atom stereocenters. The summed E-state index contributed by atoms with van der Waals surface area (Å²) in [5.41, 5.74) is 0.849. The highest BCUT2D eigenvalue weighted by Gasteiger charge is 2.21. The van der Waals surface area contributed by atoms with Gasteiger partial charge in [-0.05, 0) is 37.3 Å². The molecule has 1 saturated carbocycles. The summed E-state index contributed by atoms with van der Waals surface area (Å²) in [5.74, 6) is 0.133. The zero-order chi connectivity index (χ0) is 16.2. The summed E-state index contributed by atoms with van der Waals surface area (Å²) in [7, 11) is -7.24. The number of aryl methyl sites for hydroxylation is 1. The topological polar surface area (TPSA) is 105 Å². The normalized spacial score (nSPS) is 16.4. The van der Waals surface area contributed by atoms with Gasteiger partial charge in [-0.1, -0.05) is 12.5 Å². The summed E-state index contributed by atoms with van der Waals surface area (Å²) in [6.07, 6.45) is 4.70. The van der Waals surface area contributed by atoms with Crippen LogP contribution >= 0.6 is 0 Å². The maximum atomic E-state index is 12.0. The summed E-state index contributed by atoms with van der Waals surface area (Å²) in [5, 5.41) is -0.113. The molecule has 124 valence electrons. The van der Waals surface area contributed by atoms with Gasteiger partial charge in [0.2, 0.25) is 10.0 Å². The fourth-order valence-electron chi connectivity index (χ4n) is 2.01. The van der Waals surface area contributed by atoms with Gasteiger partial charge < -0.3 is 0 Å². The standard InChI is InChI=1S/C13H21N3O4S2/c1-11-5-6-13(14-9-11)22(19,20)15-7-8-21(17,18)16-10-12-3-2-4-12/h5-6,9,12,15-16H,2-4,7-8,10H2,1H3. The Hall–Kier alpha value is -1.03. The Labute approximate surface area is 131 Å². The van der Waals surface area contributed by atoms with Crippen LogP contribution in [0, 0.1) is 12.8 Å². The Morgan fingerprint density at radius 2 is 1.91 bits per heavy atom. The van der Waals surface area contributed by atoms with E-state index >= 15 is 0 Å². The number of nitrogens with zero attached hydrogens (tertiary/aromatic N) is 1. The highest BCUT2D eigenvalue weighted by Crippen LogP contribution is 2.25. The lowest BCUT2D eigenvalue weighted by Gasteiger charge is -2.25. The van der Waals surface area contributed by atoms with E-state index in [9.17, 15) is 16.8 Å². The molecule has 22 heavy (non-hydrogen) atoms. The number of pyridine rings is 1. The van der Waals surface area contributed by atoms with Crippen molar-refractivity contribution >= 4 is 20.0 Å². The molecule has 0 aromatic carbocycles. The molecule has 0 aliphatic heterocycles. The maximum absolute atomic E-state index is 12.0. The van der Waals surface area contributed by atoms with Crippen LogP contribution in [-0.2, 0) is 20.0 Å². The molecular formula is C13H21N3O4S2. The van der Waals surface area contributed by atoms with Crippen LogP contribution in [0.4, 0.5) is 0 Å². The molecule has 1 aromatic rings. The molecule has 1 aliphatic carbocycles. The summed E-state index contributed by atoms with van der Waals surface area (Å²) >= 11 is 0. The molecule has 2 rings (SSSR count). The first-order chi connectivity index (χ1) is 10.3. The smallest absolute Gasteiger partial charge is 0.243 e. The van der Waals surface area contributed by atoms with Crippen LogP contribution in [0.1, 0.15) is 24.8 Å². The lowest BCUT2D eigenvalue weighted by Crippen LogP contribution is -2.37. The summed E-state index contributed by atoms with van der Waals surface area (Å²) < 4.78 is 52.3. The van der Waals surface area contributed by atoms with E-state index in [4.69, 9.17) is 0 Å². The van der Waals surface area contributed by atoms with Crippen molar-refractivity contribution in [1.82, 2.24) is 14.4 Å². The molecule has 0 spiro atoms. The Bertz CT molecular complexity index is 695. The zero-order valence-corrected chi connectivity index (χ0v) is 14.1. The largest absolute Gasteiger partial charge is 0.258 e. The van der Waals surface area contributed by atoms with E-state index < -0.39 is 20.0 Å². The second-order valence-corrected chi connectivity index (χ2v) is 9.18. The third kappa shape index (κ3) is 5.01. The van der Waals surface area contributed by atoms with Crippen molar-refractivity contribution in [3.05, 3.63) is 23.9 Å². The molecule has 0 unspecified atom stereocenters. The Morgan fingerprint density at radius 3 is 2.45 bits per heavy atom. The third-order valence-corrected chi connectivity index (χ3v) is 6.36. The lowest BCUT2D eigenvalue weighted by molar-refractivity contribution is 0.316. The fourth-order valence-corrected chi connectivity index (χ4v) is 4.10. The van der Waals surface area contributed by atoms with Gasteiger partial charge >= 0.3 is 0 Å². The van der Waals surface area contributed by atoms with E-state index in [0.717, 1.165) is 24.8 Å². The van der Waals surface area contributed by atoms with E-state index in [0.29, 0.717) is 12.5 Å². The first-order valence-corrected chi connectivity index (χ1v) is 10.3. The molecule has 0 amide bonds. The molecule has 1 aromatic heterocycles. The predicted molar refractivity (Wildman–Crippen MR) is 83.3 cm³/mol. The van der Waals surface area contributed by atoms with Crippen molar-refractivity contribution in [2.75, 3.05) is 18.8 Å². The van der Waals surface area contributed by atoms with E-state index in [1.807, 2.05) is 0 Å². The number of rotatable bonds is 8. The predicted octanol–water partition coefficient (Wildman–Crippen LogP) is 0.388. The van der Waals surface area contributed by atoms with Gasteiger partial charge in [0.1, 0.15) is 0 Å². The van der Waals surface area contributed by atoms with Gasteiger partial charge in [0.15, 0.2) is 5.03 Å². The molecular weight excluding hydrogens is 326 g/mol. The molecule has 0 saturated heterocycles. The van der Waals surface area contributed by atoms with Crippen molar-refractivity contribution in [1.29, 1.82) is 0 Å². The number of nitrogens with one attached hydrogen (secondary N) is 2. The van der Waals surface area contributed by atoms with Gasteiger partial charge in [-0.2, -0.15) is 0 Å². The third-order valence-electron chi connectivity index (χ3n) is 3.64. The number of hydrogen-bond acceptors (Lipinski definition) is 5. The van der Waals surface area contributed by atoms with Crippen LogP contribution in [0.5, 0.6) is 0 Å². The van der Waals surface area contributed by atoms with Crippen LogP contribution in [0.3, 0.4) is 0 Å². The minimum atomic E-state index is -3.78. The highest BCUT2D eigenvalue weighted by molar-refractivity contribution is 7.90. The van der Waals surface area contributed by atoms with E-state index in [1.165, 1.54) is 12.3 Å². The van der Waals surface area contributed by atoms with Crippen LogP contribution in [0.2, 0.25) is 0 Å². The van der Waals surface area contributed by atoms with Crippen LogP contribution in [-0.4, -0.2) is 40.7 Å². The van der Waals surface area contributed by atoms with Crippen molar-refractivity contribution in [3.63, 3.8) is 0 Å². The molecule has 1 fully saturated rings. The molecule has 2 N–H and O–H groups in total. The Kier molecular flexibility index (Phi) is 5.54. The van der Waals surface area contributed by atoms with Gasteiger partial charge in [-0.25, -0.2) is 31.3 Å².